The molecule has 26 heavy (non-hydrogen) atoms. The molecule has 0 unspecified atom stereocenters. The summed E-state index contributed by atoms with van der Waals surface area (Å²) < 4.78 is 40.7. The Morgan fingerprint density at radius 2 is 1.73 bits per heavy atom. The minimum absolute atomic E-state index is 0.0438. The molecule has 2 aliphatic heterocycles. The molecule has 0 amide bonds. The lowest BCUT2D eigenvalue weighted by Crippen LogP contribution is -2.40. The van der Waals surface area contributed by atoms with Crippen molar-refractivity contribution in [2.45, 2.75) is 6.36 Å². The van der Waals surface area contributed by atoms with Crippen molar-refractivity contribution in [3.05, 3.63) is 70.5 Å². The van der Waals surface area contributed by atoms with E-state index in [0.29, 0.717) is 11.4 Å². The molecule has 5 nitrogen and oxygen atoms in total. The first-order valence-electron chi connectivity index (χ1n) is 7.74. The predicted molar refractivity (Wildman–Crippen MR) is 89.7 cm³/mol. The van der Waals surface area contributed by atoms with Gasteiger partial charge in [0.2, 0.25) is 5.88 Å². The van der Waals surface area contributed by atoms with Crippen molar-refractivity contribution in [1.82, 2.24) is 10.3 Å². The van der Waals surface area contributed by atoms with E-state index in [9.17, 15) is 18.3 Å². The fraction of sp³-hybridized carbons (Fsp3) is 0.111. The van der Waals surface area contributed by atoms with E-state index >= 15 is 0 Å². The van der Waals surface area contributed by atoms with Crippen molar-refractivity contribution in [3.63, 3.8) is 0 Å². The van der Waals surface area contributed by atoms with Crippen molar-refractivity contribution in [2.75, 3.05) is 12.1 Å². The van der Waals surface area contributed by atoms with Crippen LogP contribution in [-0.4, -0.2) is 23.4 Å². The van der Waals surface area contributed by atoms with Gasteiger partial charge in [0.25, 0.3) is 0 Å². The van der Waals surface area contributed by atoms with Gasteiger partial charge in [-0.05, 0) is 24.3 Å². The Bertz CT molecular complexity index is 1010. The first-order valence-corrected chi connectivity index (χ1v) is 7.74. The quantitative estimate of drug-likeness (QED) is 0.858. The molecule has 2 aromatic rings. The molecule has 4 rings (SSSR count). The predicted octanol–water partition coefficient (Wildman–Crippen LogP) is 2.13. The van der Waals surface area contributed by atoms with E-state index in [2.05, 4.69) is 10.2 Å². The van der Waals surface area contributed by atoms with Crippen LogP contribution in [0.2, 0.25) is 0 Å². The van der Waals surface area contributed by atoms with Crippen LogP contribution in [0, 0.1) is 0 Å². The van der Waals surface area contributed by atoms with Crippen LogP contribution in [0.15, 0.2) is 60.1 Å². The molecular formula is C18H14F3N3O2. The summed E-state index contributed by atoms with van der Waals surface area (Å²) >= 11 is 0. The SMILES string of the molecule is CN1C=c2ccccc2=C2NN(c3ccc(OC(F)(F)F)cc3)C(O)=C21. The van der Waals surface area contributed by atoms with Crippen molar-refractivity contribution in [1.29, 1.82) is 0 Å². The largest absolute Gasteiger partial charge is 0.573 e. The number of nitrogens with zero attached hydrogens (tertiary/aromatic N) is 2. The molecule has 0 atom stereocenters. The van der Waals surface area contributed by atoms with Crippen LogP contribution in [0.3, 0.4) is 0 Å². The maximum atomic E-state index is 12.3. The highest BCUT2D eigenvalue weighted by atomic mass is 19.4. The molecule has 0 bridgehead atoms. The molecule has 0 saturated carbocycles. The second-order valence-corrected chi connectivity index (χ2v) is 5.86. The minimum Gasteiger partial charge on any atom is -0.492 e. The molecule has 2 aromatic carbocycles. The number of anilines is 1. The number of alkyl halides is 3. The van der Waals surface area contributed by atoms with Crippen molar-refractivity contribution in [2.24, 2.45) is 0 Å². The third-order valence-electron chi connectivity index (χ3n) is 4.13. The lowest BCUT2D eigenvalue weighted by atomic mass is 10.1. The van der Waals surface area contributed by atoms with E-state index in [1.165, 1.54) is 29.3 Å². The summed E-state index contributed by atoms with van der Waals surface area (Å²) in [5.41, 5.74) is 4.89. The molecule has 2 heterocycles. The number of nitrogens with one attached hydrogen (secondary N) is 1. The number of benzene rings is 2. The number of aliphatic hydroxyl groups excluding tert-OH is 1. The van der Waals surface area contributed by atoms with Gasteiger partial charge in [-0.3, -0.25) is 5.43 Å². The second kappa shape index (κ2) is 5.62. The normalized spacial score (nSPS) is 16.1. The van der Waals surface area contributed by atoms with E-state index in [4.69, 9.17) is 0 Å². The number of hydrogen-bond donors (Lipinski definition) is 2. The highest BCUT2D eigenvalue weighted by Gasteiger charge is 2.33. The van der Waals surface area contributed by atoms with E-state index in [1.54, 1.807) is 4.90 Å². The van der Waals surface area contributed by atoms with Crippen LogP contribution in [0.1, 0.15) is 0 Å². The van der Waals surface area contributed by atoms with Crippen LogP contribution in [0.25, 0.3) is 11.9 Å². The Balaban J connectivity index is 1.72. The van der Waals surface area contributed by atoms with E-state index in [1.807, 2.05) is 37.5 Å². The fourth-order valence-corrected chi connectivity index (χ4v) is 3.05. The first kappa shape index (κ1) is 16.2. The minimum atomic E-state index is -4.75. The summed E-state index contributed by atoms with van der Waals surface area (Å²) in [7, 11) is 1.81. The first-order chi connectivity index (χ1) is 12.3. The number of hydrazine groups is 1. The molecule has 0 fully saturated rings. The fourth-order valence-electron chi connectivity index (χ4n) is 3.05. The number of halogens is 3. The van der Waals surface area contributed by atoms with Gasteiger partial charge < -0.3 is 14.7 Å². The Morgan fingerprint density at radius 3 is 2.42 bits per heavy atom. The van der Waals surface area contributed by atoms with E-state index < -0.39 is 6.36 Å². The number of hydrogen-bond acceptors (Lipinski definition) is 5. The molecule has 134 valence electrons. The van der Waals surface area contributed by atoms with Gasteiger partial charge in [-0.2, -0.15) is 0 Å². The maximum Gasteiger partial charge on any atom is 0.573 e. The molecule has 8 heteroatoms. The Hall–Kier alpha value is -3.29. The number of ether oxygens (including phenoxy) is 1. The molecule has 0 radical (unpaired) electrons. The zero-order valence-corrected chi connectivity index (χ0v) is 13.6. The molecular weight excluding hydrogens is 347 g/mol. The van der Waals surface area contributed by atoms with Crippen LogP contribution in [0.5, 0.6) is 5.75 Å². The smallest absolute Gasteiger partial charge is 0.492 e. The highest BCUT2D eigenvalue weighted by molar-refractivity contribution is 5.75. The van der Waals surface area contributed by atoms with Crippen LogP contribution in [0.4, 0.5) is 18.9 Å². The van der Waals surface area contributed by atoms with Crippen LogP contribution >= 0.6 is 0 Å². The number of aliphatic hydroxyl groups is 1. The topological polar surface area (TPSA) is 48.0 Å². The molecule has 2 N–H and O–H groups in total. The van der Waals surface area contributed by atoms with Gasteiger partial charge in [0.1, 0.15) is 11.4 Å². The van der Waals surface area contributed by atoms with E-state index in [0.717, 1.165) is 16.1 Å². The third kappa shape index (κ3) is 2.69. The monoisotopic (exact) mass is 361 g/mol. The lowest BCUT2D eigenvalue weighted by molar-refractivity contribution is -0.274. The Labute approximate surface area is 146 Å². The third-order valence-corrected chi connectivity index (χ3v) is 4.13. The van der Waals surface area contributed by atoms with Crippen molar-refractivity contribution in [3.8, 4) is 5.75 Å². The summed E-state index contributed by atoms with van der Waals surface area (Å²) in [5.74, 6) is -0.369. The molecule has 0 saturated heterocycles. The van der Waals surface area contributed by atoms with Gasteiger partial charge in [0.05, 0.1) is 11.4 Å². The van der Waals surface area contributed by atoms with Crippen molar-refractivity contribution >= 4 is 17.6 Å². The molecule has 2 aliphatic rings. The van der Waals surface area contributed by atoms with Gasteiger partial charge in [-0.15, -0.1) is 13.2 Å². The Morgan fingerprint density at radius 1 is 1.04 bits per heavy atom. The summed E-state index contributed by atoms with van der Waals surface area (Å²) in [6.07, 6.45) is -2.85. The van der Waals surface area contributed by atoms with Gasteiger partial charge in [0.15, 0.2) is 0 Å². The number of likely N-dealkylation sites (N-methyl/N-ethyl adjacent to an activating group) is 1. The van der Waals surface area contributed by atoms with Crippen LogP contribution in [-0.2, 0) is 0 Å². The maximum absolute atomic E-state index is 12.3. The average Bonchev–Trinajstić information content (AvgIpc) is 2.93. The van der Waals surface area contributed by atoms with Gasteiger partial charge in [-0.1, -0.05) is 24.3 Å². The molecule has 0 spiro atoms. The van der Waals surface area contributed by atoms with E-state index in [-0.39, 0.29) is 11.6 Å². The van der Waals surface area contributed by atoms with Crippen LogP contribution < -0.4 is 25.6 Å². The summed E-state index contributed by atoms with van der Waals surface area (Å²) in [4.78, 5) is 1.79. The van der Waals surface area contributed by atoms with Gasteiger partial charge in [0, 0.05) is 23.7 Å². The molecule has 0 aromatic heterocycles. The van der Waals surface area contributed by atoms with Gasteiger partial charge >= 0.3 is 6.36 Å². The summed E-state index contributed by atoms with van der Waals surface area (Å²) in [6, 6.07) is 12.9. The average molecular weight is 361 g/mol. The lowest BCUT2D eigenvalue weighted by Gasteiger charge is -2.20. The zero-order valence-electron chi connectivity index (χ0n) is 13.6. The standard InChI is InChI=1S/C18H14F3N3O2/c1-23-10-11-4-2-3-5-14(11)15-16(23)17(25)24(22-15)12-6-8-13(9-7-12)26-18(19,20)21/h2-10,22,25H,1H3. The summed E-state index contributed by atoms with van der Waals surface area (Å²) in [5, 5.41) is 14.0. The second-order valence-electron chi connectivity index (χ2n) is 5.86. The molecule has 0 aliphatic carbocycles. The van der Waals surface area contributed by atoms with Gasteiger partial charge in [-0.25, -0.2) is 5.01 Å². The number of fused-ring (bicyclic) bond motifs is 2. The Kier molecular flexibility index (Phi) is 3.50. The number of rotatable bonds is 2. The van der Waals surface area contributed by atoms with Crippen molar-refractivity contribution < 1.29 is 23.0 Å². The zero-order chi connectivity index (χ0) is 18.5. The summed E-state index contributed by atoms with van der Waals surface area (Å²) in [6.45, 7) is 0. The highest BCUT2D eigenvalue weighted by Crippen LogP contribution is 2.32.